The molecular weight excluding hydrogens is 320 g/mol. The predicted molar refractivity (Wildman–Crippen MR) is 90.3 cm³/mol. The standard InChI is InChI=1S/C14H28N4O4S/c1-3-15-14(16-6-9-22-10-11-23(2,20)21)17-12-13(19)18-7-4-5-8-18/h3-12H2,1-2H3,(H2,15,16,17). The normalized spacial score (nSPS) is 15.7. The molecule has 1 amide bonds. The van der Waals surface area contributed by atoms with Crippen LogP contribution in [0.1, 0.15) is 19.8 Å². The lowest BCUT2D eigenvalue weighted by Gasteiger charge is -2.15. The summed E-state index contributed by atoms with van der Waals surface area (Å²) in [5, 5.41) is 6.12. The van der Waals surface area contributed by atoms with Crippen LogP contribution >= 0.6 is 0 Å². The Kier molecular flexibility index (Phi) is 8.93. The average molecular weight is 348 g/mol. The maximum absolute atomic E-state index is 11.9. The van der Waals surface area contributed by atoms with Gasteiger partial charge in [-0.2, -0.15) is 0 Å². The van der Waals surface area contributed by atoms with Gasteiger partial charge in [-0.15, -0.1) is 0 Å². The first-order valence-electron chi connectivity index (χ1n) is 7.98. The highest BCUT2D eigenvalue weighted by atomic mass is 32.2. The number of aliphatic imine (C=N–C) groups is 1. The largest absolute Gasteiger partial charge is 0.379 e. The number of carbonyl (C=O) groups is 1. The van der Waals surface area contributed by atoms with Gasteiger partial charge in [-0.05, 0) is 19.8 Å². The van der Waals surface area contributed by atoms with Crippen LogP contribution in [0.2, 0.25) is 0 Å². The molecule has 1 heterocycles. The average Bonchev–Trinajstić information content (AvgIpc) is 3.01. The Hall–Kier alpha value is -1.35. The van der Waals surface area contributed by atoms with Crippen molar-refractivity contribution in [1.29, 1.82) is 0 Å². The quantitative estimate of drug-likeness (QED) is 0.322. The molecule has 23 heavy (non-hydrogen) atoms. The topological polar surface area (TPSA) is 100 Å². The highest BCUT2D eigenvalue weighted by molar-refractivity contribution is 7.90. The van der Waals surface area contributed by atoms with E-state index in [1.54, 1.807) is 0 Å². The first-order chi connectivity index (χ1) is 10.9. The summed E-state index contributed by atoms with van der Waals surface area (Å²) in [6.07, 6.45) is 3.32. The molecule has 0 spiro atoms. The molecule has 1 aliphatic rings. The van der Waals surface area contributed by atoms with Gasteiger partial charge in [-0.3, -0.25) is 4.79 Å². The number of amides is 1. The second-order valence-corrected chi connectivity index (χ2v) is 7.71. The van der Waals surface area contributed by atoms with Crippen LogP contribution in [-0.2, 0) is 19.4 Å². The summed E-state index contributed by atoms with van der Waals surface area (Å²) in [5.74, 6) is 0.627. The van der Waals surface area contributed by atoms with E-state index in [9.17, 15) is 13.2 Å². The van der Waals surface area contributed by atoms with Gasteiger partial charge in [0.25, 0.3) is 0 Å². The Labute approximate surface area is 138 Å². The molecule has 0 radical (unpaired) electrons. The third-order valence-corrected chi connectivity index (χ3v) is 4.22. The molecule has 1 fully saturated rings. The number of rotatable bonds is 9. The van der Waals surface area contributed by atoms with Crippen molar-refractivity contribution in [1.82, 2.24) is 15.5 Å². The zero-order valence-corrected chi connectivity index (χ0v) is 14.8. The molecule has 1 rings (SSSR count). The molecule has 0 saturated carbocycles. The highest BCUT2D eigenvalue weighted by Gasteiger charge is 2.17. The number of hydrogen-bond acceptors (Lipinski definition) is 5. The van der Waals surface area contributed by atoms with Crippen LogP contribution in [0, 0.1) is 0 Å². The molecule has 0 atom stereocenters. The van der Waals surface area contributed by atoms with Gasteiger partial charge in [0, 0.05) is 32.4 Å². The summed E-state index contributed by atoms with van der Waals surface area (Å²) in [6, 6.07) is 0. The van der Waals surface area contributed by atoms with Crippen LogP contribution in [0.4, 0.5) is 0 Å². The minimum absolute atomic E-state index is 0.0193. The first-order valence-corrected chi connectivity index (χ1v) is 10.0. The lowest BCUT2D eigenvalue weighted by Crippen LogP contribution is -2.40. The third-order valence-electron chi connectivity index (χ3n) is 3.31. The first kappa shape index (κ1) is 19.7. The van der Waals surface area contributed by atoms with Crippen molar-refractivity contribution in [2.75, 3.05) is 57.9 Å². The minimum atomic E-state index is -2.99. The maximum atomic E-state index is 11.9. The van der Waals surface area contributed by atoms with Crippen LogP contribution in [0.5, 0.6) is 0 Å². The SMILES string of the molecule is CCNC(=NCC(=O)N1CCCC1)NCCOCCS(C)(=O)=O. The summed E-state index contributed by atoms with van der Waals surface area (Å²) >= 11 is 0. The Morgan fingerprint density at radius 2 is 1.91 bits per heavy atom. The van der Waals surface area contributed by atoms with Gasteiger partial charge < -0.3 is 20.3 Å². The zero-order valence-electron chi connectivity index (χ0n) is 14.0. The number of likely N-dealkylation sites (tertiary alicyclic amines) is 1. The Balaban J connectivity index is 2.25. The van der Waals surface area contributed by atoms with Crippen molar-refractivity contribution >= 4 is 21.7 Å². The summed E-state index contributed by atoms with van der Waals surface area (Å²) in [6.45, 7) is 5.47. The molecule has 0 aromatic heterocycles. The smallest absolute Gasteiger partial charge is 0.244 e. The molecule has 1 aliphatic heterocycles. The summed E-state index contributed by atoms with van der Waals surface area (Å²) in [7, 11) is -2.99. The number of carbonyl (C=O) groups excluding carboxylic acids is 1. The van der Waals surface area contributed by atoms with E-state index in [2.05, 4.69) is 15.6 Å². The second-order valence-electron chi connectivity index (χ2n) is 5.45. The van der Waals surface area contributed by atoms with E-state index in [-0.39, 0.29) is 24.8 Å². The maximum Gasteiger partial charge on any atom is 0.244 e. The predicted octanol–water partition coefficient (Wildman–Crippen LogP) is -0.775. The van der Waals surface area contributed by atoms with E-state index in [1.807, 2.05) is 11.8 Å². The van der Waals surface area contributed by atoms with Crippen molar-refractivity contribution in [2.24, 2.45) is 4.99 Å². The summed E-state index contributed by atoms with van der Waals surface area (Å²) in [4.78, 5) is 18.0. The van der Waals surface area contributed by atoms with Gasteiger partial charge in [-0.25, -0.2) is 13.4 Å². The van der Waals surface area contributed by atoms with E-state index in [1.165, 1.54) is 6.26 Å². The number of hydrogen-bond donors (Lipinski definition) is 2. The molecule has 9 heteroatoms. The molecular formula is C14H28N4O4S. The number of sulfone groups is 1. The number of nitrogens with one attached hydrogen (secondary N) is 2. The lowest BCUT2D eigenvalue weighted by atomic mass is 10.4. The number of ether oxygens (including phenoxy) is 1. The molecule has 0 aliphatic carbocycles. The van der Waals surface area contributed by atoms with Crippen LogP contribution in [0.25, 0.3) is 0 Å². The monoisotopic (exact) mass is 348 g/mol. The van der Waals surface area contributed by atoms with Crippen LogP contribution in [0.3, 0.4) is 0 Å². The number of guanidine groups is 1. The van der Waals surface area contributed by atoms with Gasteiger partial charge in [-0.1, -0.05) is 0 Å². The number of nitrogens with zero attached hydrogens (tertiary/aromatic N) is 2. The van der Waals surface area contributed by atoms with Crippen LogP contribution in [0.15, 0.2) is 4.99 Å². The van der Waals surface area contributed by atoms with Gasteiger partial charge in [0.2, 0.25) is 5.91 Å². The van der Waals surface area contributed by atoms with E-state index in [0.717, 1.165) is 25.9 Å². The molecule has 0 unspecified atom stereocenters. The zero-order chi connectivity index (χ0) is 17.1. The fourth-order valence-corrected chi connectivity index (χ4v) is 2.53. The second kappa shape index (κ2) is 10.4. The molecule has 0 aromatic rings. The van der Waals surface area contributed by atoms with Crippen molar-refractivity contribution in [3.8, 4) is 0 Å². The summed E-state index contributed by atoms with van der Waals surface area (Å²) < 4.78 is 27.2. The lowest BCUT2D eigenvalue weighted by molar-refractivity contribution is -0.128. The minimum Gasteiger partial charge on any atom is -0.379 e. The van der Waals surface area contributed by atoms with Crippen molar-refractivity contribution in [3.63, 3.8) is 0 Å². The molecule has 2 N–H and O–H groups in total. The Bertz CT molecular complexity index is 487. The molecule has 0 bridgehead atoms. The van der Waals surface area contributed by atoms with Gasteiger partial charge in [0.05, 0.1) is 19.0 Å². The third kappa shape index (κ3) is 9.39. The van der Waals surface area contributed by atoms with E-state index < -0.39 is 9.84 Å². The van der Waals surface area contributed by atoms with E-state index in [4.69, 9.17) is 4.74 Å². The fraction of sp³-hybridized carbons (Fsp3) is 0.857. The van der Waals surface area contributed by atoms with Gasteiger partial charge in [0.1, 0.15) is 16.4 Å². The van der Waals surface area contributed by atoms with Crippen LogP contribution < -0.4 is 10.6 Å². The van der Waals surface area contributed by atoms with Gasteiger partial charge >= 0.3 is 0 Å². The van der Waals surface area contributed by atoms with Crippen molar-refractivity contribution in [3.05, 3.63) is 0 Å². The highest BCUT2D eigenvalue weighted by Crippen LogP contribution is 2.07. The van der Waals surface area contributed by atoms with Crippen molar-refractivity contribution in [2.45, 2.75) is 19.8 Å². The molecule has 134 valence electrons. The Morgan fingerprint density at radius 3 is 2.52 bits per heavy atom. The fourth-order valence-electron chi connectivity index (χ4n) is 2.11. The van der Waals surface area contributed by atoms with E-state index >= 15 is 0 Å². The molecule has 1 saturated heterocycles. The molecule has 0 aromatic carbocycles. The van der Waals surface area contributed by atoms with Gasteiger partial charge in [0.15, 0.2) is 5.96 Å². The van der Waals surface area contributed by atoms with Crippen LogP contribution in [-0.4, -0.2) is 83.1 Å². The van der Waals surface area contributed by atoms with E-state index in [0.29, 0.717) is 25.7 Å². The molecule has 8 nitrogen and oxygen atoms in total. The Morgan fingerprint density at radius 1 is 1.22 bits per heavy atom. The summed E-state index contributed by atoms with van der Waals surface area (Å²) in [5.41, 5.74) is 0. The van der Waals surface area contributed by atoms with Crippen molar-refractivity contribution < 1.29 is 17.9 Å².